The topological polar surface area (TPSA) is 24.5 Å². The summed E-state index contributed by atoms with van der Waals surface area (Å²) in [6, 6.07) is 1.74. The van der Waals surface area contributed by atoms with Crippen molar-refractivity contribution in [3.8, 4) is 0 Å². The Morgan fingerprint density at radius 1 is 1.50 bits per heavy atom. The van der Waals surface area contributed by atoms with Crippen LogP contribution < -0.4 is 5.32 Å². The number of hydrogen-bond donors (Lipinski definition) is 1. The molecular formula is C13H26N2O. The van der Waals surface area contributed by atoms with Crippen LogP contribution in [-0.4, -0.2) is 49.8 Å². The first kappa shape index (κ1) is 13.7. The molecule has 0 heterocycles. The lowest BCUT2D eigenvalue weighted by Gasteiger charge is -2.34. The first-order valence-electron chi connectivity index (χ1n) is 6.28. The molecule has 1 aliphatic rings. The monoisotopic (exact) mass is 226 g/mol. The van der Waals surface area contributed by atoms with E-state index in [1.54, 1.807) is 7.11 Å². The molecule has 16 heavy (non-hydrogen) atoms. The molecule has 0 aliphatic heterocycles. The Balaban J connectivity index is 2.44. The Bertz CT molecular complexity index is 202. The highest BCUT2D eigenvalue weighted by molar-refractivity contribution is 4.87. The maximum atomic E-state index is 5.32. The van der Waals surface area contributed by atoms with Crippen LogP contribution in [0.5, 0.6) is 0 Å². The number of nitrogens with one attached hydrogen (secondary N) is 1. The summed E-state index contributed by atoms with van der Waals surface area (Å²) in [4.78, 5) is 2.44. The van der Waals surface area contributed by atoms with Gasteiger partial charge >= 0.3 is 0 Å². The number of ether oxygens (including phenoxy) is 1. The number of methoxy groups -OCH3 is 1. The van der Waals surface area contributed by atoms with Crippen LogP contribution in [0.15, 0.2) is 12.7 Å². The minimum Gasteiger partial charge on any atom is -0.383 e. The summed E-state index contributed by atoms with van der Waals surface area (Å²) in [5.41, 5.74) is 0. The van der Waals surface area contributed by atoms with Gasteiger partial charge in [-0.2, -0.15) is 0 Å². The maximum absolute atomic E-state index is 5.32. The molecule has 1 atom stereocenters. The van der Waals surface area contributed by atoms with Crippen LogP contribution in [0.25, 0.3) is 0 Å². The zero-order chi connectivity index (χ0) is 12.0. The first-order valence-corrected chi connectivity index (χ1v) is 6.28. The standard InChI is InChI=1S/C13H26N2O/c1-5-8-15(11(2)3)13(10-16-4)9-14-12-6-7-12/h5,11-14H,1,6-10H2,2-4H3. The average Bonchev–Trinajstić information content (AvgIpc) is 3.04. The minimum atomic E-state index is 0.448. The summed E-state index contributed by atoms with van der Waals surface area (Å²) in [5, 5.41) is 3.58. The van der Waals surface area contributed by atoms with E-state index in [0.29, 0.717) is 12.1 Å². The molecule has 3 nitrogen and oxygen atoms in total. The molecule has 1 fully saturated rings. The van der Waals surface area contributed by atoms with E-state index in [9.17, 15) is 0 Å². The second-order valence-corrected chi connectivity index (χ2v) is 4.87. The van der Waals surface area contributed by atoms with Crippen molar-refractivity contribution in [3.63, 3.8) is 0 Å². The van der Waals surface area contributed by atoms with Gasteiger partial charge in [-0.3, -0.25) is 4.90 Å². The molecule has 1 saturated carbocycles. The van der Waals surface area contributed by atoms with Gasteiger partial charge < -0.3 is 10.1 Å². The lowest BCUT2D eigenvalue weighted by Crippen LogP contribution is -2.48. The van der Waals surface area contributed by atoms with Crippen molar-refractivity contribution in [2.75, 3.05) is 26.8 Å². The zero-order valence-electron chi connectivity index (χ0n) is 10.9. The highest BCUT2D eigenvalue weighted by Gasteiger charge is 2.25. The maximum Gasteiger partial charge on any atom is 0.0630 e. The van der Waals surface area contributed by atoms with Crippen LogP contribution >= 0.6 is 0 Å². The molecule has 0 amide bonds. The Morgan fingerprint density at radius 3 is 2.62 bits per heavy atom. The van der Waals surface area contributed by atoms with E-state index in [-0.39, 0.29) is 0 Å². The van der Waals surface area contributed by atoms with E-state index in [1.807, 2.05) is 6.08 Å². The van der Waals surface area contributed by atoms with Gasteiger partial charge in [0.05, 0.1) is 6.61 Å². The summed E-state index contributed by atoms with van der Waals surface area (Å²) < 4.78 is 5.32. The highest BCUT2D eigenvalue weighted by Crippen LogP contribution is 2.19. The molecule has 1 N–H and O–H groups in total. The molecule has 1 unspecified atom stereocenters. The zero-order valence-corrected chi connectivity index (χ0v) is 10.9. The molecule has 3 heteroatoms. The smallest absolute Gasteiger partial charge is 0.0630 e. The quantitative estimate of drug-likeness (QED) is 0.605. The molecule has 0 bridgehead atoms. The predicted molar refractivity (Wildman–Crippen MR) is 68.7 cm³/mol. The molecule has 0 saturated heterocycles. The molecule has 1 aliphatic carbocycles. The van der Waals surface area contributed by atoms with Gasteiger partial charge in [0.15, 0.2) is 0 Å². The lowest BCUT2D eigenvalue weighted by atomic mass is 10.2. The molecule has 0 aromatic carbocycles. The van der Waals surface area contributed by atoms with Gasteiger partial charge in [-0.05, 0) is 26.7 Å². The van der Waals surface area contributed by atoms with Crippen molar-refractivity contribution in [1.82, 2.24) is 10.2 Å². The SMILES string of the molecule is C=CCN(C(C)C)C(CNC1CC1)COC. The Morgan fingerprint density at radius 2 is 2.19 bits per heavy atom. The summed E-state index contributed by atoms with van der Waals surface area (Å²) in [5.74, 6) is 0. The molecule has 0 aromatic heterocycles. The summed E-state index contributed by atoms with van der Waals surface area (Å²) >= 11 is 0. The van der Waals surface area contributed by atoms with Gasteiger partial charge in [-0.1, -0.05) is 6.08 Å². The molecule has 0 aromatic rings. The van der Waals surface area contributed by atoms with E-state index in [0.717, 1.165) is 25.7 Å². The molecule has 0 radical (unpaired) electrons. The Hall–Kier alpha value is -0.380. The van der Waals surface area contributed by atoms with Crippen molar-refractivity contribution in [1.29, 1.82) is 0 Å². The van der Waals surface area contributed by atoms with Gasteiger partial charge in [-0.15, -0.1) is 6.58 Å². The van der Waals surface area contributed by atoms with Crippen molar-refractivity contribution < 1.29 is 4.74 Å². The van der Waals surface area contributed by atoms with Gasteiger partial charge in [0.25, 0.3) is 0 Å². The van der Waals surface area contributed by atoms with Crippen molar-refractivity contribution in [2.45, 2.75) is 44.8 Å². The van der Waals surface area contributed by atoms with E-state index in [4.69, 9.17) is 4.74 Å². The summed E-state index contributed by atoms with van der Waals surface area (Å²) in [6.07, 6.45) is 4.64. The van der Waals surface area contributed by atoms with Crippen molar-refractivity contribution in [2.24, 2.45) is 0 Å². The fraction of sp³-hybridized carbons (Fsp3) is 0.846. The lowest BCUT2D eigenvalue weighted by molar-refractivity contribution is 0.0777. The fourth-order valence-electron chi connectivity index (χ4n) is 1.99. The van der Waals surface area contributed by atoms with E-state index in [1.165, 1.54) is 12.8 Å². The summed E-state index contributed by atoms with van der Waals surface area (Å²) in [7, 11) is 1.77. The highest BCUT2D eigenvalue weighted by atomic mass is 16.5. The normalized spacial score (nSPS) is 18.1. The second kappa shape index (κ2) is 7.05. The van der Waals surface area contributed by atoms with E-state index >= 15 is 0 Å². The van der Waals surface area contributed by atoms with E-state index < -0.39 is 0 Å². The van der Waals surface area contributed by atoms with Gasteiger partial charge in [0.2, 0.25) is 0 Å². The van der Waals surface area contributed by atoms with Crippen LogP contribution in [0, 0.1) is 0 Å². The molecule has 0 spiro atoms. The third-order valence-electron chi connectivity index (χ3n) is 3.05. The average molecular weight is 226 g/mol. The third-order valence-corrected chi connectivity index (χ3v) is 3.05. The van der Waals surface area contributed by atoms with Crippen molar-refractivity contribution >= 4 is 0 Å². The molecule has 94 valence electrons. The van der Waals surface area contributed by atoms with Gasteiger partial charge in [0, 0.05) is 38.3 Å². The molecule has 1 rings (SSSR count). The number of rotatable bonds is 9. The van der Waals surface area contributed by atoms with Gasteiger partial charge in [-0.25, -0.2) is 0 Å². The first-order chi connectivity index (χ1) is 7.69. The van der Waals surface area contributed by atoms with Crippen LogP contribution in [-0.2, 0) is 4.74 Å². The van der Waals surface area contributed by atoms with Crippen molar-refractivity contribution in [3.05, 3.63) is 12.7 Å². The van der Waals surface area contributed by atoms with Gasteiger partial charge in [0.1, 0.15) is 0 Å². The summed E-state index contributed by atoms with van der Waals surface area (Å²) in [6.45, 7) is 11.0. The number of nitrogens with zero attached hydrogens (tertiary/aromatic N) is 1. The minimum absolute atomic E-state index is 0.448. The van der Waals surface area contributed by atoms with Crippen LogP contribution in [0.4, 0.5) is 0 Å². The van der Waals surface area contributed by atoms with Crippen LogP contribution in [0.1, 0.15) is 26.7 Å². The second-order valence-electron chi connectivity index (χ2n) is 4.87. The van der Waals surface area contributed by atoms with E-state index in [2.05, 4.69) is 30.6 Å². The Labute approximate surface area is 99.8 Å². The van der Waals surface area contributed by atoms with Crippen LogP contribution in [0.3, 0.4) is 0 Å². The van der Waals surface area contributed by atoms with Crippen LogP contribution in [0.2, 0.25) is 0 Å². The largest absolute Gasteiger partial charge is 0.383 e. The molecular weight excluding hydrogens is 200 g/mol. The third kappa shape index (κ3) is 4.64. The fourth-order valence-corrected chi connectivity index (χ4v) is 1.99. The predicted octanol–water partition coefficient (Wildman–Crippen LogP) is 1.65. The number of hydrogen-bond acceptors (Lipinski definition) is 3. The Kier molecular flexibility index (Phi) is 6.03.